The smallest absolute Gasteiger partial charge is 0.327 e. The number of nitrogens with zero attached hydrogens (tertiary/aromatic N) is 2. The van der Waals surface area contributed by atoms with Gasteiger partial charge in [-0.2, -0.15) is 0 Å². The summed E-state index contributed by atoms with van der Waals surface area (Å²) in [6, 6.07) is 0.471. The molecule has 1 saturated carbocycles. The Hall–Kier alpha value is -0.650. The fourth-order valence-corrected chi connectivity index (χ4v) is 3.68. The first-order valence-electron chi connectivity index (χ1n) is 8.29. The van der Waals surface area contributed by atoms with Crippen LogP contribution in [0.15, 0.2) is 0 Å². The van der Waals surface area contributed by atoms with Crippen LogP contribution in [0.3, 0.4) is 0 Å². The Balaban J connectivity index is 2.15. The van der Waals surface area contributed by atoms with Crippen molar-refractivity contribution in [3.8, 4) is 0 Å². The molecule has 1 aliphatic carbocycles. The van der Waals surface area contributed by atoms with Gasteiger partial charge >= 0.3 is 5.97 Å². The standard InChI is InChI=1S/C16H31N3O2/c1-5-17-16(14-7-8-14,15(20)21-4)12-19-10-6-9-18(3)11-13(19)2/h13-14,17H,5-12H2,1-4H3. The van der Waals surface area contributed by atoms with Gasteiger partial charge in [-0.1, -0.05) is 6.92 Å². The molecule has 1 saturated heterocycles. The molecule has 5 heteroatoms. The van der Waals surface area contributed by atoms with Crippen molar-refractivity contribution in [3.63, 3.8) is 0 Å². The summed E-state index contributed by atoms with van der Waals surface area (Å²) in [6.45, 7) is 9.16. The zero-order chi connectivity index (χ0) is 15.5. The maximum absolute atomic E-state index is 12.5. The number of nitrogens with one attached hydrogen (secondary N) is 1. The second-order valence-electron chi connectivity index (χ2n) is 6.70. The van der Waals surface area contributed by atoms with Crippen LogP contribution in [0.25, 0.3) is 0 Å². The van der Waals surface area contributed by atoms with Crippen LogP contribution in [-0.4, -0.2) is 74.2 Å². The third-order valence-corrected chi connectivity index (χ3v) is 4.95. The van der Waals surface area contributed by atoms with E-state index in [4.69, 9.17) is 4.74 Å². The molecule has 0 radical (unpaired) electrons. The highest BCUT2D eigenvalue weighted by atomic mass is 16.5. The van der Waals surface area contributed by atoms with Crippen molar-refractivity contribution < 1.29 is 9.53 Å². The zero-order valence-electron chi connectivity index (χ0n) is 14.0. The topological polar surface area (TPSA) is 44.8 Å². The van der Waals surface area contributed by atoms with Crippen LogP contribution in [0.4, 0.5) is 0 Å². The summed E-state index contributed by atoms with van der Waals surface area (Å²) in [4.78, 5) is 17.4. The summed E-state index contributed by atoms with van der Waals surface area (Å²) < 4.78 is 5.16. The van der Waals surface area contributed by atoms with E-state index in [0.717, 1.165) is 52.0 Å². The lowest BCUT2D eigenvalue weighted by Crippen LogP contribution is -2.62. The highest BCUT2D eigenvalue weighted by Crippen LogP contribution is 2.41. The van der Waals surface area contributed by atoms with Gasteiger partial charge in [-0.25, -0.2) is 4.79 Å². The maximum atomic E-state index is 12.5. The number of carbonyl (C=O) groups is 1. The minimum atomic E-state index is -0.513. The van der Waals surface area contributed by atoms with Crippen molar-refractivity contribution in [3.05, 3.63) is 0 Å². The van der Waals surface area contributed by atoms with Crippen LogP contribution in [0, 0.1) is 5.92 Å². The predicted octanol–water partition coefficient (Wildman–Crippen LogP) is 0.944. The van der Waals surface area contributed by atoms with Crippen molar-refractivity contribution in [2.45, 2.75) is 44.7 Å². The average molecular weight is 297 g/mol. The first kappa shape index (κ1) is 16.7. The molecule has 2 fully saturated rings. The normalized spacial score (nSPS) is 27.9. The number of likely N-dealkylation sites (N-methyl/N-ethyl adjacent to an activating group) is 2. The fourth-order valence-electron chi connectivity index (χ4n) is 3.68. The predicted molar refractivity (Wildman–Crippen MR) is 84.3 cm³/mol. The number of hydrogen-bond donors (Lipinski definition) is 1. The summed E-state index contributed by atoms with van der Waals surface area (Å²) in [5.41, 5.74) is -0.513. The fraction of sp³-hybridized carbons (Fsp3) is 0.938. The number of hydrogen-bond acceptors (Lipinski definition) is 5. The van der Waals surface area contributed by atoms with E-state index in [1.807, 2.05) is 0 Å². The molecule has 5 nitrogen and oxygen atoms in total. The number of ether oxygens (including phenoxy) is 1. The van der Waals surface area contributed by atoms with E-state index in [1.54, 1.807) is 0 Å². The van der Waals surface area contributed by atoms with Gasteiger partial charge in [-0.3, -0.25) is 4.90 Å². The first-order chi connectivity index (χ1) is 10.0. The van der Waals surface area contributed by atoms with Crippen molar-refractivity contribution in [1.29, 1.82) is 0 Å². The van der Waals surface area contributed by atoms with Gasteiger partial charge < -0.3 is 15.0 Å². The molecule has 2 rings (SSSR count). The Morgan fingerprint density at radius 2 is 2.10 bits per heavy atom. The summed E-state index contributed by atoms with van der Waals surface area (Å²) in [7, 11) is 3.69. The summed E-state index contributed by atoms with van der Waals surface area (Å²) in [5, 5.41) is 3.48. The molecular formula is C16H31N3O2. The first-order valence-corrected chi connectivity index (χ1v) is 8.29. The highest BCUT2D eigenvalue weighted by Gasteiger charge is 2.52. The summed E-state index contributed by atoms with van der Waals surface area (Å²) >= 11 is 0. The molecule has 2 atom stereocenters. The second-order valence-corrected chi connectivity index (χ2v) is 6.70. The van der Waals surface area contributed by atoms with E-state index >= 15 is 0 Å². The Bertz CT molecular complexity index is 359. The van der Waals surface area contributed by atoms with Gasteiger partial charge in [0.25, 0.3) is 0 Å². The van der Waals surface area contributed by atoms with E-state index in [-0.39, 0.29) is 5.97 Å². The Kier molecular flexibility index (Phi) is 5.63. The monoisotopic (exact) mass is 297 g/mol. The molecule has 2 unspecified atom stereocenters. The maximum Gasteiger partial charge on any atom is 0.327 e. The van der Waals surface area contributed by atoms with E-state index in [2.05, 4.69) is 36.0 Å². The molecule has 2 aliphatic rings. The lowest BCUT2D eigenvalue weighted by atomic mass is 9.91. The molecular weight excluding hydrogens is 266 g/mol. The molecule has 0 aromatic heterocycles. The average Bonchev–Trinajstić information content (AvgIpc) is 3.28. The third-order valence-electron chi connectivity index (χ3n) is 4.95. The van der Waals surface area contributed by atoms with Crippen molar-refractivity contribution in [2.24, 2.45) is 5.92 Å². The summed E-state index contributed by atoms with van der Waals surface area (Å²) in [6.07, 6.45) is 3.42. The number of carbonyl (C=O) groups excluding carboxylic acids is 1. The van der Waals surface area contributed by atoms with Gasteiger partial charge in [0.15, 0.2) is 0 Å². The lowest BCUT2D eigenvalue weighted by molar-refractivity contribution is -0.151. The lowest BCUT2D eigenvalue weighted by Gasteiger charge is -2.39. The molecule has 21 heavy (non-hydrogen) atoms. The minimum Gasteiger partial charge on any atom is -0.468 e. The number of esters is 1. The largest absolute Gasteiger partial charge is 0.468 e. The van der Waals surface area contributed by atoms with Gasteiger partial charge in [0.1, 0.15) is 5.54 Å². The highest BCUT2D eigenvalue weighted by molar-refractivity contribution is 5.82. The third kappa shape index (κ3) is 3.76. The van der Waals surface area contributed by atoms with E-state index in [0.29, 0.717) is 12.0 Å². The molecule has 1 N–H and O–H groups in total. The van der Waals surface area contributed by atoms with E-state index in [9.17, 15) is 4.79 Å². The Labute approximate surface area is 129 Å². The van der Waals surface area contributed by atoms with Gasteiger partial charge in [-0.15, -0.1) is 0 Å². The Morgan fingerprint density at radius 3 is 2.67 bits per heavy atom. The van der Waals surface area contributed by atoms with Crippen LogP contribution < -0.4 is 5.32 Å². The molecule has 122 valence electrons. The SMILES string of the molecule is CCNC(CN1CCCN(C)CC1C)(C(=O)OC)C1CC1. The van der Waals surface area contributed by atoms with Crippen molar-refractivity contribution in [2.75, 3.05) is 46.9 Å². The molecule has 1 heterocycles. The quantitative estimate of drug-likeness (QED) is 0.739. The van der Waals surface area contributed by atoms with E-state index < -0.39 is 5.54 Å². The van der Waals surface area contributed by atoms with Gasteiger partial charge in [-0.05, 0) is 58.8 Å². The zero-order valence-corrected chi connectivity index (χ0v) is 14.0. The van der Waals surface area contributed by atoms with Crippen LogP contribution in [0.2, 0.25) is 0 Å². The summed E-state index contributed by atoms with van der Waals surface area (Å²) in [5.74, 6) is 0.342. The molecule has 0 bridgehead atoms. The second kappa shape index (κ2) is 7.07. The number of methoxy groups -OCH3 is 1. The van der Waals surface area contributed by atoms with Crippen LogP contribution in [0.1, 0.15) is 33.1 Å². The molecule has 0 aromatic carbocycles. The molecule has 0 spiro atoms. The van der Waals surface area contributed by atoms with Gasteiger partial charge in [0.05, 0.1) is 7.11 Å². The molecule has 0 amide bonds. The molecule has 1 aliphatic heterocycles. The molecule has 0 aromatic rings. The van der Waals surface area contributed by atoms with Crippen molar-refractivity contribution in [1.82, 2.24) is 15.1 Å². The minimum absolute atomic E-state index is 0.0864. The van der Waals surface area contributed by atoms with Crippen molar-refractivity contribution >= 4 is 5.97 Å². The van der Waals surface area contributed by atoms with Crippen LogP contribution in [-0.2, 0) is 9.53 Å². The van der Waals surface area contributed by atoms with Crippen LogP contribution in [0.5, 0.6) is 0 Å². The van der Waals surface area contributed by atoms with Crippen LogP contribution >= 0.6 is 0 Å². The van der Waals surface area contributed by atoms with E-state index in [1.165, 1.54) is 7.11 Å². The number of rotatable bonds is 6. The van der Waals surface area contributed by atoms with Gasteiger partial charge in [0, 0.05) is 19.1 Å². The Morgan fingerprint density at radius 1 is 1.38 bits per heavy atom. The van der Waals surface area contributed by atoms with Gasteiger partial charge in [0.2, 0.25) is 0 Å².